The van der Waals surface area contributed by atoms with Crippen LogP contribution in [0.1, 0.15) is 0 Å². The first-order valence-corrected chi connectivity index (χ1v) is 9.60. The fourth-order valence-electron chi connectivity index (χ4n) is 2.95. The van der Waals surface area contributed by atoms with Gasteiger partial charge in [-0.1, -0.05) is 0 Å². The number of rotatable bonds is 11. The zero-order valence-corrected chi connectivity index (χ0v) is 16.7. The van der Waals surface area contributed by atoms with E-state index in [0.717, 1.165) is 27.6 Å². The van der Waals surface area contributed by atoms with E-state index in [0.29, 0.717) is 38.1 Å². The van der Waals surface area contributed by atoms with Gasteiger partial charge in [-0.25, -0.2) is 9.97 Å². The van der Waals surface area contributed by atoms with Gasteiger partial charge in [-0.15, -0.1) is 0 Å². The molecule has 156 valence electrons. The van der Waals surface area contributed by atoms with Gasteiger partial charge in [-0.05, 0) is 36.4 Å². The van der Waals surface area contributed by atoms with Crippen LogP contribution >= 0.6 is 0 Å². The van der Waals surface area contributed by atoms with Crippen LogP contribution in [0.25, 0.3) is 21.8 Å². The number of benzene rings is 2. The van der Waals surface area contributed by atoms with Crippen molar-refractivity contribution in [3.8, 4) is 17.4 Å². The molecule has 2 aromatic heterocycles. The van der Waals surface area contributed by atoms with Gasteiger partial charge in [0.15, 0.2) is 0 Å². The van der Waals surface area contributed by atoms with Crippen molar-refractivity contribution in [2.24, 2.45) is 0 Å². The number of nitrogens with one attached hydrogen (secondary N) is 1. The minimum absolute atomic E-state index is 0.0408. The summed E-state index contributed by atoms with van der Waals surface area (Å²) >= 11 is 0. The van der Waals surface area contributed by atoms with E-state index >= 15 is 0 Å². The Morgan fingerprint density at radius 3 is 2.63 bits per heavy atom. The fraction of sp³-hybridized carbons (Fsp3) is 0.273. The summed E-state index contributed by atoms with van der Waals surface area (Å²) in [6, 6.07) is 13.4. The summed E-state index contributed by atoms with van der Waals surface area (Å²) < 4.78 is 27.5. The van der Waals surface area contributed by atoms with E-state index in [9.17, 15) is 0 Å². The maximum Gasteiger partial charge on any atom is 0.232 e. The Morgan fingerprint density at radius 1 is 0.833 bits per heavy atom. The Kier molecular flexibility index (Phi) is 6.58. The smallest absolute Gasteiger partial charge is 0.232 e. The number of fused-ring (bicyclic) bond motifs is 2. The van der Waals surface area contributed by atoms with Crippen LogP contribution in [0.15, 0.2) is 55.0 Å². The highest BCUT2D eigenvalue weighted by Crippen LogP contribution is 2.26. The van der Waals surface area contributed by atoms with Gasteiger partial charge in [0.1, 0.15) is 24.4 Å². The Labute approximate surface area is 173 Å². The molecule has 0 amide bonds. The van der Waals surface area contributed by atoms with E-state index in [4.69, 9.17) is 23.7 Å². The number of hydrogen-bond donors (Lipinski definition) is 1. The molecular weight excluding hydrogens is 386 g/mol. The molecule has 2 aromatic carbocycles. The molecule has 0 radical (unpaired) electrons. The third kappa shape index (κ3) is 4.97. The van der Waals surface area contributed by atoms with Crippen LogP contribution in [-0.2, 0) is 9.47 Å². The zero-order valence-electron chi connectivity index (χ0n) is 16.7. The number of aromatic nitrogens is 3. The van der Waals surface area contributed by atoms with Crippen molar-refractivity contribution in [3.05, 3.63) is 55.0 Å². The van der Waals surface area contributed by atoms with E-state index < -0.39 is 0 Å². The second-order valence-corrected chi connectivity index (χ2v) is 6.44. The molecule has 0 aliphatic heterocycles. The highest BCUT2D eigenvalue weighted by molar-refractivity contribution is 5.84. The number of hydrogen-bond acceptors (Lipinski definition) is 7. The third-order valence-electron chi connectivity index (χ3n) is 4.45. The van der Waals surface area contributed by atoms with Gasteiger partial charge in [0.25, 0.3) is 0 Å². The predicted molar refractivity (Wildman–Crippen MR) is 112 cm³/mol. The Balaban J connectivity index is 1.33. The molecule has 1 N–H and O–H groups in total. The maximum absolute atomic E-state index is 5.74. The second kappa shape index (κ2) is 9.91. The van der Waals surface area contributed by atoms with E-state index in [-0.39, 0.29) is 6.79 Å². The summed E-state index contributed by atoms with van der Waals surface area (Å²) in [7, 11) is 1.64. The molecule has 0 atom stereocenters. The summed E-state index contributed by atoms with van der Waals surface area (Å²) in [6.45, 7) is 2.10. The molecule has 4 aromatic rings. The van der Waals surface area contributed by atoms with Crippen molar-refractivity contribution in [1.82, 2.24) is 15.0 Å². The molecule has 0 spiro atoms. The first kappa shape index (κ1) is 19.9. The number of aromatic amines is 1. The van der Waals surface area contributed by atoms with Gasteiger partial charge in [-0.3, -0.25) is 0 Å². The molecule has 30 heavy (non-hydrogen) atoms. The van der Waals surface area contributed by atoms with E-state index in [1.165, 1.54) is 6.33 Å². The van der Waals surface area contributed by atoms with Gasteiger partial charge >= 0.3 is 0 Å². The summed E-state index contributed by atoms with van der Waals surface area (Å²) in [4.78, 5) is 11.7. The first-order valence-electron chi connectivity index (χ1n) is 9.60. The molecule has 8 nitrogen and oxygen atoms in total. The van der Waals surface area contributed by atoms with E-state index in [1.54, 1.807) is 7.11 Å². The van der Waals surface area contributed by atoms with Crippen LogP contribution in [0.4, 0.5) is 0 Å². The van der Waals surface area contributed by atoms with Crippen molar-refractivity contribution in [2.45, 2.75) is 0 Å². The van der Waals surface area contributed by atoms with E-state index in [2.05, 4.69) is 15.0 Å². The maximum atomic E-state index is 5.74. The molecule has 0 aliphatic rings. The van der Waals surface area contributed by atoms with Crippen LogP contribution in [0.2, 0.25) is 0 Å². The van der Waals surface area contributed by atoms with E-state index in [1.807, 2.05) is 48.7 Å². The lowest BCUT2D eigenvalue weighted by Crippen LogP contribution is -2.10. The number of ether oxygens (including phenoxy) is 5. The monoisotopic (exact) mass is 409 g/mol. The lowest BCUT2D eigenvalue weighted by molar-refractivity contribution is 0.0544. The molecular formula is C22H23N3O5. The van der Waals surface area contributed by atoms with Crippen LogP contribution in [0.3, 0.4) is 0 Å². The molecule has 4 rings (SSSR count). The largest absolute Gasteiger partial charge is 0.491 e. The summed E-state index contributed by atoms with van der Waals surface area (Å²) in [5.74, 6) is 1.89. The average molecular weight is 409 g/mol. The average Bonchev–Trinajstić information content (AvgIpc) is 3.24. The molecule has 0 bridgehead atoms. The molecule has 0 fully saturated rings. The number of H-pyrrole nitrogens is 1. The second-order valence-electron chi connectivity index (χ2n) is 6.44. The minimum atomic E-state index is 0.0408. The summed E-state index contributed by atoms with van der Waals surface area (Å²) in [5, 5.41) is 1.86. The number of methoxy groups -OCH3 is 1. The van der Waals surface area contributed by atoms with Crippen molar-refractivity contribution in [1.29, 1.82) is 0 Å². The van der Waals surface area contributed by atoms with Gasteiger partial charge in [0.05, 0.1) is 30.7 Å². The molecule has 8 heteroatoms. The van der Waals surface area contributed by atoms with Crippen molar-refractivity contribution in [2.75, 3.05) is 40.3 Å². The SMILES string of the molecule is COCCOCCOc1ccc2c(OCOc3ccc4[nH]ccc4c3)ncnc2c1. The van der Waals surface area contributed by atoms with Crippen LogP contribution < -0.4 is 14.2 Å². The quantitative estimate of drug-likeness (QED) is 0.299. The first-order chi connectivity index (χ1) is 14.8. The molecule has 2 heterocycles. The van der Waals surface area contributed by atoms with Gasteiger partial charge in [0, 0.05) is 30.3 Å². The highest BCUT2D eigenvalue weighted by Gasteiger charge is 2.07. The number of nitrogens with zero attached hydrogens (tertiary/aromatic N) is 2. The van der Waals surface area contributed by atoms with Crippen molar-refractivity contribution < 1.29 is 23.7 Å². The molecule has 0 saturated carbocycles. The van der Waals surface area contributed by atoms with Crippen LogP contribution in [0, 0.1) is 0 Å². The topological polar surface area (TPSA) is 87.7 Å². The van der Waals surface area contributed by atoms with Gasteiger partial charge in [-0.2, -0.15) is 0 Å². The standard InChI is InChI=1S/C22H23N3O5/c1-26-8-9-27-10-11-28-18-2-4-19-21(13-18)24-14-25-22(19)30-15-29-17-3-5-20-16(12-17)6-7-23-20/h2-7,12-14,23H,8-11,15H2,1H3. The molecule has 0 unspecified atom stereocenters. The van der Waals surface area contributed by atoms with Gasteiger partial charge < -0.3 is 28.7 Å². The molecule has 0 saturated heterocycles. The normalized spacial score (nSPS) is 11.1. The Morgan fingerprint density at radius 2 is 1.70 bits per heavy atom. The lowest BCUT2D eigenvalue weighted by Gasteiger charge is -2.11. The highest BCUT2D eigenvalue weighted by atomic mass is 16.7. The Hall–Kier alpha value is -3.36. The van der Waals surface area contributed by atoms with Crippen molar-refractivity contribution in [3.63, 3.8) is 0 Å². The third-order valence-corrected chi connectivity index (χ3v) is 4.45. The Bertz CT molecular complexity index is 1100. The van der Waals surface area contributed by atoms with Crippen molar-refractivity contribution >= 4 is 21.8 Å². The zero-order chi connectivity index (χ0) is 20.6. The summed E-state index contributed by atoms with van der Waals surface area (Å²) in [5.41, 5.74) is 1.79. The van der Waals surface area contributed by atoms with Crippen LogP contribution in [0.5, 0.6) is 17.4 Å². The summed E-state index contributed by atoms with van der Waals surface area (Å²) in [6.07, 6.45) is 3.35. The van der Waals surface area contributed by atoms with Crippen LogP contribution in [-0.4, -0.2) is 55.3 Å². The lowest BCUT2D eigenvalue weighted by atomic mass is 10.2. The molecule has 0 aliphatic carbocycles. The predicted octanol–water partition coefficient (Wildman–Crippen LogP) is 3.57. The van der Waals surface area contributed by atoms with Gasteiger partial charge in [0.2, 0.25) is 12.7 Å². The fourth-order valence-corrected chi connectivity index (χ4v) is 2.95. The minimum Gasteiger partial charge on any atom is -0.491 e.